The maximum atomic E-state index is 13.9. The van der Waals surface area contributed by atoms with Crippen molar-refractivity contribution in [1.82, 2.24) is 0 Å². The number of alkyl halides is 7. The Kier molecular flexibility index (Phi) is 6.67. The molecule has 0 nitrogen and oxygen atoms in total. The Morgan fingerprint density at radius 3 is 2.08 bits per heavy atom. The molecule has 0 saturated carbocycles. The fourth-order valence-electron chi connectivity index (χ4n) is 1.86. The highest BCUT2D eigenvalue weighted by molar-refractivity contribution is 14.1. The minimum atomic E-state index is -6.39. The Morgan fingerprint density at radius 1 is 0.962 bits per heavy atom. The highest BCUT2D eigenvalue weighted by Gasteiger charge is 2.73. The summed E-state index contributed by atoms with van der Waals surface area (Å²) in [5, 5.41) is -5.42. The third-order valence-electron chi connectivity index (χ3n) is 3.06. The average Bonchev–Trinajstić information content (AvgIpc) is 2.46. The standard InChI is InChI=1S/C15H5Br2F7IS/c16-7-5-9(17)12(8-3-1-2-4-10(8)25)11(6-7)26-15(23,24)13(18,19)14(20,21)22/h1-4,6H. The molecule has 0 fully saturated rings. The SMILES string of the molecule is FC(F)(F)C(F)(F)C(F)(F)Sc1cc(Br)[c]c(Br)c1-c1ccccc1I. The van der Waals surface area contributed by atoms with Gasteiger partial charge in [0.15, 0.2) is 0 Å². The molecule has 2 aromatic rings. The van der Waals surface area contributed by atoms with Crippen molar-refractivity contribution in [3.8, 4) is 11.1 Å². The van der Waals surface area contributed by atoms with Crippen molar-refractivity contribution in [2.24, 2.45) is 0 Å². The van der Waals surface area contributed by atoms with Crippen molar-refractivity contribution in [3.63, 3.8) is 0 Å². The molecule has 0 amide bonds. The van der Waals surface area contributed by atoms with Crippen LogP contribution in [0, 0.1) is 9.64 Å². The van der Waals surface area contributed by atoms with E-state index in [9.17, 15) is 30.7 Å². The predicted molar refractivity (Wildman–Crippen MR) is 101 cm³/mol. The molecule has 0 aliphatic carbocycles. The van der Waals surface area contributed by atoms with Gasteiger partial charge in [0, 0.05) is 29.0 Å². The van der Waals surface area contributed by atoms with Crippen LogP contribution in [0.5, 0.6) is 0 Å². The Bertz CT molecular complexity index is 824. The lowest BCUT2D eigenvalue weighted by Gasteiger charge is -2.28. The minimum Gasteiger partial charge on any atom is -0.188 e. The molecule has 0 N–H and O–H groups in total. The van der Waals surface area contributed by atoms with Crippen molar-refractivity contribution in [1.29, 1.82) is 0 Å². The Balaban J connectivity index is 2.63. The van der Waals surface area contributed by atoms with Gasteiger partial charge in [-0.1, -0.05) is 34.1 Å². The van der Waals surface area contributed by atoms with E-state index in [4.69, 9.17) is 0 Å². The largest absolute Gasteiger partial charge is 0.460 e. The summed E-state index contributed by atoms with van der Waals surface area (Å²) in [4.78, 5) is -0.458. The summed E-state index contributed by atoms with van der Waals surface area (Å²) >= 11 is 7.14. The summed E-state index contributed by atoms with van der Waals surface area (Å²) in [5.41, 5.74) is 0.429. The molecule has 0 saturated heterocycles. The first-order chi connectivity index (χ1) is 11.8. The van der Waals surface area contributed by atoms with E-state index in [1.807, 2.05) is 22.6 Å². The van der Waals surface area contributed by atoms with Gasteiger partial charge < -0.3 is 0 Å². The molecular weight excluding hydrogens is 632 g/mol. The molecule has 0 heterocycles. The fraction of sp³-hybridized carbons (Fsp3) is 0.200. The van der Waals surface area contributed by atoms with Gasteiger partial charge >= 0.3 is 17.4 Å². The number of hydrogen-bond donors (Lipinski definition) is 0. The average molecular weight is 637 g/mol. The Labute approximate surface area is 178 Å². The molecule has 0 bridgehead atoms. The van der Waals surface area contributed by atoms with Crippen LogP contribution in [0.15, 0.2) is 44.2 Å². The molecule has 26 heavy (non-hydrogen) atoms. The van der Waals surface area contributed by atoms with E-state index in [2.05, 4.69) is 37.9 Å². The Hall–Kier alpha value is -0.0100. The van der Waals surface area contributed by atoms with Crippen LogP contribution >= 0.6 is 66.2 Å². The molecule has 2 aromatic carbocycles. The van der Waals surface area contributed by atoms with E-state index in [1.54, 1.807) is 18.2 Å². The molecule has 0 unspecified atom stereocenters. The van der Waals surface area contributed by atoms with Crippen LogP contribution < -0.4 is 0 Å². The normalized spacial score (nSPS) is 13.2. The van der Waals surface area contributed by atoms with Gasteiger partial charge in [0.05, 0.1) is 0 Å². The van der Waals surface area contributed by atoms with Gasteiger partial charge in [-0.25, -0.2) is 0 Å². The van der Waals surface area contributed by atoms with Gasteiger partial charge in [-0.2, -0.15) is 30.7 Å². The van der Waals surface area contributed by atoms with E-state index in [1.165, 1.54) is 6.07 Å². The first-order valence-corrected chi connectivity index (χ1v) is 9.93. The van der Waals surface area contributed by atoms with Crippen LogP contribution in [0.1, 0.15) is 0 Å². The summed E-state index contributed by atoms with van der Waals surface area (Å²) < 4.78 is 92.4. The lowest BCUT2D eigenvalue weighted by atomic mass is 10.1. The number of benzene rings is 2. The first kappa shape index (κ1) is 22.3. The molecule has 0 atom stereocenters. The van der Waals surface area contributed by atoms with E-state index in [0.29, 0.717) is 9.13 Å². The zero-order chi connectivity index (χ0) is 19.9. The van der Waals surface area contributed by atoms with Gasteiger partial charge in [-0.05, 0) is 68.0 Å². The highest BCUT2D eigenvalue weighted by Crippen LogP contribution is 2.56. The van der Waals surface area contributed by atoms with Crippen molar-refractivity contribution < 1.29 is 30.7 Å². The molecule has 0 aliphatic heterocycles. The third kappa shape index (κ3) is 4.35. The van der Waals surface area contributed by atoms with Gasteiger partial charge in [0.25, 0.3) is 0 Å². The highest BCUT2D eigenvalue weighted by atomic mass is 127. The first-order valence-electron chi connectivity index (χ1n) is 6.45. The van der Waals surface area contributed by atoms with Crippen molar-refractivity contribution in [3.05, 3.63) is 48.9 Å². The van der Waals surface area contributed by atoms with Crippen LogP contribution in [-0.2, 0) is 0 Å². The van der Waals surface area contributed by atoms with Gasteiger partial charge in [-0.3, -0.25) is 0 Å². The smallest absolute Gasteiger partial charge is 0.188 e. The number of thioether (sulfide) groups is 1. The second-order valence-corrected chi connectivity index (χ2v) is 8.81. The predicted octanol–water partition coefficient (Wildman–Crippen LogP) is 8.17. The summed E-state index contributed by atoms with van der Waals surface area (Å²) in [6, 6.07) is 10.2. The van der Waals surface area contributed by atoms with Crippen LogP contribution in [0.3, 0.4) is 0 Å². The van der Waals surface area contributed by atoms with E-state index >= 15 is 0 Å². The van der Waals surface area contributed by atoms with Crippen LogP contribution in [0.2, 0.25) is 0 Å². The molecule has 2 rings (SSSR count). The van der Waals surface area contributed by atoms with E-state index in [-0.39, 0.29) is 14.5 Å². The third-order valence-corrected chi connectivity index (χ3v) is 6.07. The molecular formula is C15H5Br2F7IS. The van der Waals surface area contributed by atoms with Crippen LogP contribution in [0.4, 0.5) is 30.7 Å². The van der Waals surface area contributed by atoms with Crippen molar-refractivity contribution in [2.75, 3.05) is 0 Å². The number of halogens is 10. The molecule has 11 heteroatoms. The van der Waals surface area contributed by atoms with Crippen LogP contribution in [0.25, 0.3) is 11.1 Å². The van der Waals surface area contributed by atoms with Gasteiger partial charge in [0.2, 0.25) is 0 Å². The van der Waals surface area contributed by atoms with Crippen LogP contribution in [-0.4, -0.2) is 17.4 Å². The molecule has 1 radical (unpaired) electrons. The zero-order valence-corrected chi connectivity index (χ0v) is 18.2. The summed E-state index contributed by atoms with van der Waals surface area (Å²) in [5.74, 6) is -6.20. The lowest BCUT2D eigenvalue weighted by molar-refractivity contribution is -0.330. The summed E-state index contributed by atoms with van der Waals surface area (Å²) in [7, 11) is 0. The van der Waals surface area contributed by atoms with E-state index in [0.717, 1.165) is 6.07 Å². The van der Waals surface area contributed by atoms with E-state index < -0.39 is 34.0 Å². The Morgan fingerprint density at radius 2 is 1.54 bits per heavy atom. The minimum absolute atomic E-state index is 0.0425. The van der Waals surface area contributed by atoms with Gasteiger partial charge in [-0.15, -0.1) is 0 Å². The monoisotopic (exact) mass is 635 g/mol. The second kappa shape index (κ2) is 7.78. The quantitative estimate of drug-likeness (QED) is 0.185. The molecule has 141 valence electrons. The summed E-state index contributed by atoms with van der Waals surface area (Å²) in [6.07, 6.45) is -6.39. The number of hydrogen-bond acceptors (Lipinski definition) is 1. The lowest BCUT2D eigenvalue weighted by Crippen LogP contribution is -2.49. The maximum absolute atomic E-state index is 13.9. The molecule has 0 aromatic heterocycles. The van der Waals surface area contributed by atoms with Crippen molar-refractivity contribution >= 4 is 66.2 Å². The number of rotatable bonds is 4. The second-order valence-electron chi connectivity index (χ2n) is 4.84. The van der Waals surface area contributed by atoms with Crippen molar-refractivity contribution in [2.45, 2.75) is 22.2 Å². The molecule has 0 aliphatic rings. The molecule has 0 spiro atoms. The van der Waals surface area contributed by atoms with Gasteiger partial charge in [0.1, 0.15) is 0 Å². The summed E-state index contributed by atoms with van der Waals surface area (Å²) in [6.45, 7) is 0. The fourth-order valence-corrected chi connectivity index (χ4v) is 5.15. The zero-order valence-electron chi connectivity index (χ0n) is 12.1. The topological polar surface area (TPSA) is 0 Å². The maximum Gasteiger partial charge on any atom is 0.460 e.